The van der Waals surface area contributed by atoms with Crippen molar-refractivity contribution >= 4 is 22.8 Å². The first kappa shape index (κ1) is 20.0. The minimum absolute atomic E-state index is 0.00709. The second kappa shape index (κ2) is 7.51. The van der Waals surface area contributed by atoms with Gasteiger partial charge in [-0.15, -0.1) is 0 Å². The first-order valence-corrected chi connectivity index (χ1v) is 9.90. The summed E-state index contributed by atoms with van der Waals surface area (Å²) in [6, 6.07) is 5.32. The van der Waals surface area contributed by atoms with E-state index in [-0.39, 0.29) is 17.5 Å². The van der Waals surface area contributed by atoms with Crippen molar-refractivity contribution in [1.29, 1.82) is 0 Å². The smallest absolute Gasteiger partial charge is 0.256 e. The predicted octanol–water partition coefficient (Wildman–Crippen LogP) is 4.00. The van der Waals surface area contributed by atoms with Crippen molar-refractivity contribution in [1.82, 2.24) is 15.3 Å². The normalized spacial score (nSPS) is 15.5. The zero-order chi connectivity index (χ0) is 21.5. The van der Waals surface area contributed by atoms with Gasteiger partial charge in [0.1, 0.15) is 17.9 Å². The van der Waals surface area contributed by atoms with Crippen molar-refractivity contribution in [3.63, 3.8) is 0 Å². The van der Waals surface area contributed by atoms with Gasteiger partial charge in [-0.2, -0.15) is 0 Å². The molecule has 1 aromatic carbocycles. The van der Waals surface area contributed by atoms with E-state index in [0.717, 1.165) is 18.4 Å². The molecule has 8 nitrogen and oxygen atoms in total. The van der Waals surface area contributed by atoms with Gasteiger partial charge in [0.2, 0.25) is 5.71 Å². The maximum absolute atomic E-state index is 13.2. The Hall–Kier alpha value is -3.29. The van der Waals surface area contributed by atoms with Crippen LogP contribution in [0, 0.1) is 6.92 Å². The van der Waals surface area contributed by atoms with E-state index < -0.39 is 0 Å². The number of carbonyl (C=O) groups excluding carboxylic acids is 1. The molecule has 30 heavy (non-hydrogen) atoms. The summed E-state index contributed by atoms with van der Waals surface area (Å²) >= 11 is 0. The fraction of sp³-hybridized carbons (Fsp3) is 0.409. The fourth-order valence-corrected chi connectivity index (χ4v) is 3.49. The molecule has 0 radical (unpaired) electrons. The lowest BCUT2D eigenvalue weighted by Crippen LogP contribution is -2.27. The van der Waals surface area contributed by atoms with E-state index in [0.29, 0.717) is 39.7 Å². The van der Waals surface area contributed by atoms with Crippen molar-refractivity contribution in [2.75, 3.05) is 19.5 Å². The summed E-state index contributed by atoms with van der Waals surface area (Å²) in [5.74, 6) is 2.14. The van der Waals surface area contributed by atoms with E-state index in [1.54, 1.807) is 21.1 Å². The highest BCUT2D eigenvalue weighted by Gasteiger charge is 2.38. The molecule has 1 fully saturated rings. The third-order valence-corrected chi connectivity index (χ3v) is 5.57. The van der Waals surface area contributed by atoms with Gasteiger partial charge in [-0.1, -0.05) is 6.07 Å². The Morgan fingerprint density at radius 1 is 1.20 bits per heavy atom. The van der Waals surface area contributed by atoms with Crippen LogP contribution in [0.4, 0.5) is 5.82 Å². The first-order valence-electron chi connectivity index (χ1n) is 9.90. The van der Waals surface area contributed by atoms with Gasteiger partial charge >= 0.3 is 0 Å². The predicted molar refractivity (Wildman–Crippen MR) is 113 cm³/mol. The van der Waals surface area contributed by atoms with Gasteiger partial charge < -0.3 is 24.5 Å². The van der Waals surface area contributed by atoms with Crippen LogP contribution in [-0.2, 0) is 0 Å². The fourth-order valence-electron chi connectivity index (χ4n) is 3.49. The molecule has 158 valence electrons. The van der Waals surface area contributed by atoms with Crippen LogP contribution in [0.3, 0.4) is 0 Å². The number of fused-ring (bicyclic) bond motifs is 1. The number of benzene rings is 1. The van der Waals surface area contributed by atoms with Crippen molar-refractivity contribution in [2.24, 2.45) is 0 Å². The van der Waals surface area contributed by atoms with Gasteiger partial charge in [-0.3, -0.25) is 4.79 Å². The Kier molecular flexibility index (Phi) is 5.01. The van der Waals surface area contributed by atoms with Crippen LogP contribution in [0.15, 0.2) is 28.9 Å². The Morgan fingerprint density at radius 3 is 2.60 bits per heavy atom. The van der Waals surface area contributed by atoms with Gasteiger partial charge in [-0.25, -0.2) is 9.97 Å². The van der Waals surface area contributed by atoms with Crippen LogP contribution in [0.2, 0.25) is 0 Å². The number of nitrogens with one attached hydrogen (secondary N) is 2. The molecule has 0 saturated heterocycles. The molecule has 2 aromatic heterocycles. The minimum Gasteiger partial charge on any atom is -0.493 e. The van der Waals surface area contributed by atoms with Crippen LogP contribution in [0.1, 0.15) is 54.4 Å². The highest BCUT2D eigenvalue weighted by molar-refractivity contribution is 6.10. The number of aryl methyl sites for hydroxylation is 1. The Balaban J connectivity index is 1.64. The molecular weight excluding hydrogens is 384 g/mol. The zero-order valence-corrected chi connectivity index (χ0v) is 17.8. The van der Waals surface area contributed by atoms with Crippen molar-refractivity contribution in [3.8, 4) is 11.5 Å². The molecule has 1 saturated carbocycles. The largest absolute Gasteiger partial charge is 0.493 e. The van der Waals surface area contributed by atoms with Crippen molar-refractivity contribution in [2.45, 2.75) is 45.2 Å². The third kappa shape index (κ3) is 3.65. The van der Waals surface area contributed by atoms with Crippen molar-refractivity contribution < 1.29 is 18.7 Å². The minimum atomic E-state index is -0.261. The van der Waals surface area contributed by atoms with E-state index in [9.17, 15) is 4.79 Å². The van der Waals surface area contributed by atoms with E-state index >= 15 is 0 Å². The molecule has 1 atom stereocenters. The number of anilines is 1. The summed E-state index contributed by atoms with van der Waals surface area (Å²) in [6.07, 6.45) is 3.58. The number of furan rings is 1. The standard InChI is InChI=1S/C22H26N4O4/c1-12(14-6-7-15(28-4)16(10-14)29-5)25-20(27)17-13(2)30-21-18(17)19(23-11-24-21)26-22(3)8-9-22/h6-7,10-12H,8-9H2,1-5H3,(H,25,27)(H,23,24,26)/t12-/m1/s1. The summed E-state index contributed by atoms with van der Waals surface area (Å²) in [4.78, 5) is 21.8. The average molecular weight is 410 g/mol. The van der Waals surface area contributed by atoms with Crippen LogP contribution in [-0.4, -0.2) is 35.6 Å². The average Bonchev–Trinajstić information content (AvgIpc) is 3.34. The monoisotopic (exact) mass is 410 g/mol. The van der Waals surface area contributed by atoms with E-state index in [1.165, 1.54) is 6.33 Å². The zero-order valence-electron chi connectivity index (χ0n) is 17.8. The molecular formula is C22H26N4O4. The molecule has 1 amide bonds. The molecule has 2 heterocycles. The molecule has 4 rings (SSSR count). The lowest BCUT2D eigenvalue weighted by Gasteiger charge is -2.17. The molecule has 0 unspecified atom stereocenters. The van der Waals surface area contributed by atoms with E-state index in [2.05, 4.69) is 27.5 Å². The number of rotatable bonds is 7. The number of nitrogens with zero attached hydrogens (tertiary/aromatic N) is 2. The second-order valence-electron chi connectivity index (χ2n) is 7.93. The van der Waals surface area contributed by atoms with E-state index in [4.69, 9.17) is 13.9 Å². The molecule has 1 aliphatic carbocycles. The SMILES string of the molecule is COc1ccc([C@@H](C)NC(=O)c2c(C)oc3ncnc(NC4(C)CC4)c23)cc1OC. The van der Waals surface area contributed by atoms with Crippen LogP contribution >= 0.6 is 0 Å². The maximum Gasteiger partial charge on any atom is 0.256 e. The molecule has 0 aliphatic heterocycles. The molecule has 2 N–H and O–H groups in total. The summed E-state index contributed by atoms with van der Waals surface area (Å²) in [5.41, 5.74) is 1.75. The summed E-state index contributed by atoms with van der Waals surface area (Å²) in [6.45, 7) is 5.81. The number of carbonyl (C=O) groups is 1. The highest BCUT2D eigenvalue weighted by Crippen LogP contribution is 2.40. The number of amides is 1. The number of ether oxygens (including phenoxy) is 2. The van der Waals surface area contributed by atoms with Gasteiger partial charge in [0.05, 0.1) is 31.2 Å². The summed E-state index contributed by atoms with van der Waals surface area (Å²) < 4.78 is 16.4. The molecule has 8 heteroatoms. The van der Waals surface area contributed by atoms with Crippen LogP contribution < -0.4 is 20.1 Å². The quantitative estimate of drug-likeness (QED) is 0.607. The number of methoxy groups -OCH3 is 2. The van der Waals surface area contributed by atoms with Gasteiger partial charge in [0, 0.05) is 5.54 Å². The van der Waals surface area contributed by atoms with E-state index in [1.807, 2.05) is 25.1 Å². The molecule has 0 spiro atoms. The van der Waals surface area contributed by atoms with Crippen LogP contribution in [0.25, 0.3) is 11.1 Å². The second-order valence-corrected chi connectivity index (χ2v) is 7.93. The topological polar surface area (TPSA) is 98.5 Å². The molecule has 0 bridgehead atoms. The lowest BCUT2D eigenvalue weighted by molar-refractivity contribution is 0.0939. The Morgan fingerprint density at radius 2 is 1.93 bits per heavy atom. The van der Waals surface area contributed by atoms with Gasteiger partial charge in [0.25, 0.3) is 5.91 Å². The van der Waals surface area contributed by atoms with Gasteiger partial charge in [-0.05, 0) is 51.3 Å². The molecule has 1 aliphatic rings. The third-order valence-electron chi connectivity index (χ3n) is 5.57. The lowest BCUT2D eigenvalue weighted by atomic mass is 10.1. The number of aromatic nitrogens is 2. The number of hydrogen-bond donors (Lipinski definition) is 2. The maximum atomic E-state index is 13.2. The molecule has 3 aromatic rings. The Labute approximate surface area is 175 Å². The number of hydrogen-bond acceptors (Lipinski definition) is 7. The summed E-state index contributed by atoms with van der Waals surface area (Å²) in [5, 5.41) is 7.09. The van der Waals surface area contributed by atoms with Crippen molar-refractivity contribution in [3.05, 3.63) is 41.4 Å². The first-order chi connectivity index (χ1) is 14.3. The highest BCUT2D eigenvalue weighted by atomic mass is 16.5. The summed E-state index contributed by atoms with van der Waals surface area (Å²) in [7, 11) is 3.17. The van der Waals surface area contributed by atoms with Gasteiger partial charge in [0.15, 0.2) is 11.5 Å². The van der Waals surface area contributed by atoms with Crippen LogP contribution in [0.5, 0.6) is 11.5 Å². The Bertz CT molecular complexity index is 1100.